The number of carboxylic acid groups (broad SMARTS) is 1. The summed E-state index contributed by atoms with van der Waals surface area (Å²) in [6, 6.07) is 6.16. The fourth-order valence-electron chi connectivity index (χ4n) is 1.000. The number of rotatable bonds is 5. The molecule has 0 heterocycles. The Morgan fingerprint density at radius 1 is 1.25 bits per heavy atom. The number of carbonyl (C=O) groups excluding carboxylic acids is 1. The third-order valence-electron chi connectivity index (χ3n) is 1.72. The van der Waals surface area contributed by atoms with E-state index in [0.29, 0.717) is 11.3 Å². The van der Waals surface area contributed by atoms with Crippen molar-refractivity contribution in [2.24, 2.45) is 5.73 Å². The molecule has 0 aliphatic heterocycles. The molecule has 1 aromatic carbocycles. The van der Waals surface area contributed by atoms with Gasteiger partial charge in [-0.1, -0.05) is 0 Å². The van der Waals surface area contributed by atoms with E-state index in [4.69, 9.17) is 15.6 Å². The summed E-state index contributed by atoms with van der Waals surface area (Å²) >= 11 is 0. The van der Waals surface area contributed by atoms with Gasteiger partial charge in [0, 0.05) is 5.56 Å². The fraction of sp³-hybridized carbons (Fsp3) is 0.200. The highest BCUT2D eigenvalue weighted by Crippen LogP contribution is 2.12. The van der Waals surface area contributed by atoms with Crippen molar-refractivity contribution < 1.29 is 19.4 Å². The SMILES string of the molecule is Cl.NCC(=O)c1ccc(OCC(=O)O)cc1. The number of halogens is 1. The summed E-state index contributed by atoms with van der Waals surface area (Å²) in [6.07, 6.45) is 0. The number of nitrogens with two attached hydrogens (primary N) is 1. The first-order chi connectivity index (χ1) is 7.13. The number of aliphatic carboxylic acids is 1. The maximum absolute atomic E-state index is 11.1. The van der Waals surface area contributed by atoms with E-state index in [9.17, 15) is 9.59 Å². The van der Waals surface area contributed by atoms with Gasteiger partial charge in [0.25, 0.3) is 0 Å². The highest BCUT2D eigenvalue weighted by molar-refractivity contribution is 5.97. The molecule has 0 amide bonds. The van der Waals surface area contributed by atoms with Crippen molar-refractivity contribution in [3.05, 3.63) is 29.8 Å². The van der Waals surface area contributed by atoms with Crippen LogP contribution in [-0.2, 0) is 4.79 Å². The molecule has 0 saturated heterocycles. The van der Waals surface area contributed by atoms with Crippen LogP contribution in [-0.4, -0.2) is 30.0 Å². The van der Waals surface area contributed by atoms with Gasteiger partial charge >= 0.3 is 5.97 Å². The Morgan fingerprint density at radius 3 is 2.25 bits per heavy atom. The van der Waals surface area contributed by atoms with Gasteiger partial charge in [0.1, 0.15) is 5.75 Å². The number of carboxylic acids is 1. The van der Waals surface area contributed by atoms with Crippen LogP contribution < -0.4 is 10.5 Å². The average molecular weight is 246 g/mol. The Hall–Kier alpha value is -1.59. The van der Waals surface area contributed by atoms with Crippen LogP contribution >= 0.6 is 12.4 Å². The van der Waals surface area contributed by atoms with Crippen LogP contribution in [0.4, 0.5) is 0 Å². The molecule has 0 aromatic heterocycles. The lowest BCUT2D eigenvalue weighted by Crippen LogP contribution is -2.13. The van der Waals surface area contributed by atoms with Crippen molar-refractivity contribution in [1.29, 1.82) is 0 Å². The van der Waals surface area contributed by atoms with Gasteiger partial charge in [-0.25, -0.2) is 4.79 Å². The van der Waals surface area contributed by atoms with Crippen LogP contribution in [0.2, 0.25) is 0 Å². The lowest BCUT2D eigenvalue weighted by Gasteiger charge is -2.03. The van der Waals surface area contributed by atoms with Crippen molar-refractivity contribution >= 4 is 24.2 Å². The maximum Gasteiger partial charge on any atom is 0.341 e. The molecular weight excluding hydrogens is 234 g/mol. The van der Waals surface area contributed by atoms with Gasteiger partial charge in [-0.3, -0.25) is 4.79 Å². The van der Waals surface area contributed by atoms with E-state index < -0.39 is 12.6 Å². The summed E-state index contributed by atoms with van der Waals surface area (Å²) < 4.78 is 4.89. The van der Waals surface area contributed by atoms with Gasteiger partial charge in [0.2, 0.25) is 0 Å². The molecule has 0 spiro atoms. The molecule has 0 radical (unpaired) electrons. The second-order valence-electron chi connectivity index (χ2n) is 2.83. The molecule has 5 nitrogen and oxygen atoms in total. The van der Waals surface area contributed by atoms with E-state index >= 15 is 0 Å². The predicted octanol–water partition coefficient (Wildman–Crippen LogP) is 0.713. The average Bonchev–Trinajstić information content (AvgIpc) is 2.26. The number of benzene rings is 1. The predicted molar refractivity (Wildman–Crippen MR) is 60.2 cm³/mol. The monoisotopic (exact) mass is 245 g/mol. The molecular formula is C10H12ClNO4. The minimum Gasteiger partial charge on any atom is -0.482 e. The minimum atomic E-state index is -1.04. The van der Waals surface area contributed by atoms with Gasteiger partial charge in [0.15, 0.2) is 12.4 Å². The number of ketones is 1. The zero-order valence-corrected chi connectivity index (χ0v) is 9.20. The minimum absolute atomic E-state index is 0. The van der Waals surface area contributed by atoms with Crippen molar-refractivity contribution in [3.8, 4) is 5.75 Å². The van der Waals surface area contributed by atoms with Gasteiger partial charge < -0.3 is 15.6 Å². The first-order valence-corrected chi connectivity index (χ1v) is 4.31. The summed E-state index contributed by atoms with van der Waals surface area (Å²) in [4.78, 5) is 21.3. The van der Waals surface area contributed by atoms with E-state index in [1.807, 2.05) is 0 Å². The second-order valence-corrected chi connectivity index (χ2v) is 2.83. The fourth-order valence-corrected chi connectivity index (χ4v) is 1.000. The first kappa shape index (κ1) is 14.4. The van der Waals surface area contributed by atoms with E-state index in [0.717, 1.165) is 0 Å². The number of hydrogen-bond acceptors (Lipinski definition) is 4. The van der Waals surface area contributed by atoms with Crippen molar-refractivity contribution in [3.63, 3.8) is 0 Å². The normalized spacial score (nSPS) is 9.06. The van der Waals surface area contributed by atoms with Crippen LogP contribution in [0, 0.1) is 0 Å². The molecule has 88 valence electrons. The van der Waals surface area contributed by atoms with Crippen molar-refractivity contribution in [2.75, 3.05) is 13.2 Å². The third kappa shape index (κ3) is 4.29. The lowest BCUT2D eigenvalue weighted by molar-refractivity contribution is -0.139. The summed E-state index contributed by atoms with van der Waals surface area (Å²) in [5.41, 5.74) is 5.67. The summed E-state index contributed by atoms with van der Waals surface area (Å²) in [7, 11) is 0. The summed E-state index contributed by atoms with van der Waals surface area (Å²) in [6.45, 7) is -0.445. The molecule has 0 aliphatic carbocycles. The number of carbonyl (C=O) groups is 2. The van der Waals surface area contributed by atoms with Crippen LogP contribution in [0.5, 0.6) is 5.75 Å². The van der Waals surface area contributed by atoms with Crippen LogP contribution in [0.15, 0.2) is 24.3 Å². The number of ether oxygens (including phenoxy) is 1. The van der Waals surface area contributed by atoms with Crippen molar-refractivity contribution in [2.45, 2.75) is 0 Å². The van der Waals surface area contributed by atoms with Gasteiger partial charge in [-0.2, -0.15) is 0 Å². The zero-order valence-electron chi connectivity index (χ0n) is 8.38. The Bertz CT molecular complexity index is 364. The largest absolute Gasteiger partial charge is 0.482 e. The Labute approximate surface area is 98.6 Å². The van der Waals surface area contributed by atoms with Gasteiger partial charge in [-0.05, 0) is 24.3 Å². The smallest absolute Gasteiger partial charge is 0.341 e. The Kier molecular flexibility index (Phi) is 6.14. The standard InChI is InChI=1S/C10H11NO4.ClH/c11-5-9(12)7-1-3-8(4-2-7)15-6-10(13)14;/h1-4H,5-6,11H2,(H,13,14);1H. The molecule has 0 fully saturated rings. The van der Waals surface area contributed by atoms with E-state index in [1.165, 1.54) is 12.1 Å². The molecule has 16 heavy (non-hydrogen) atoms. The topological polar surface area (TPSA) is 89.6 Å². The highest BCUT2D eigenvalue weighted by atomic mass is 35.5. The molecule has 0 aliphatic rings. The van der Waals surface area contributed by atoms with Crippen LogP contribution in [0.1, 0.15) is 10.4 Å². The zero-order chi connectivity index (χ0) is 11.3. The molecule has 3 N–H and O–H groups in total. The van der Waals surface area contributed by atoms with Gasteiger partial charge in [-0.15, -0.1) is 12.4 Å². The maximum atomic E-state index is 11.1. The Balaban J connectivity index is 0.00000225. The third-order valence-corrected chi connectivity index (χ3v) is 1.72. The summed E-state index contributed by atoms with van der Waals surface area (Å²) in [5, 5.41) is 8.36. The highest BCUT2D eigenvalue weighted by Gasteiger charge is 2.03. The molecule has 1 aromatic rings. The van der Waals surface area contributed by atoms with Crippen LogP contribution in [0.3, 0.4) is 0 Å². The molecule has 0 saturated carbocycles. The molecule has 0 bridgehead atoms. The molecule has 0 unspecified atom stereocenters. The number of hydrogen-bond donors (Lipinski definition) is 2. The Morgan fingerprint density at radius 2 is 1.81 bits per heavy atom. The quantitative estimate of drug-likeness (QED) is 0.746. The van der Waals surface area contributed by atoms with Crippen molar-refractivity contribution in [1.82, 2.24) is 0 Å². The second kappa shape index (κ2) is 6.81. The van der Waals surface area contributed by atoms with E-state index in [2.05, 4.69) is 0 Å². The van der Waals surface area contributed by atoms with E-state index in [1.54, 1.807) is 12.1 Å². The number of Topliss-reactive ketones (excluding diaryl/α,β-unsaturated/α-hetero) is 1. The van der Waals surface area contributed by atoms with E-state index in [-0.39, 0.29) is 24.7 Å². The molecule has 1 rings (SSSR count). The molecule has 6 heteroatoms. The first-order valence-electron chi connectivity index (χ1n) is 4.31. The molecule has 0 atom stereocenters. The summed E-state index contributed by atoms with van der Waals surface area (Å²) in [5.74, 6) is -0.803. The van der Waals surface area contributed by atoms with Crippen LogP contribution in [0.25, 0.3) is 0 Å². The lowest BCUT2D eigenvalue weighted by atomic mass is 10.1. The van der Waals surface area contributed by atoms with Gasteiger partial charge in [0.05, 0.1) is 6.54 Å².